The maximum absolute atomic E-state index is 5.91. The van der Waals surface area contributed by atoms with E-state index in [0.29, 0.717) is 17.7 Å². The van der Waals surface area contributed by atoms with Crippen LogP contribution in [0, 0.1) is 0 Å². The van der Waals surface area contributed by atoms with Crippen LogP contribution in [0.1, 0.15) is 6.42 Å². The average Bonchev–Trinajstić information content (AvgIpc) is 2.83. The summed E-state index contributed by atoms with van der Waals surface area (Å²) in [6, 6.07) is 8.14. The molecule has 1 aliphatic rings. The Labute approximate surface area is 112 Å². The third-order valence-corrected chi connectivity index (χ3v) is 3.00. The monoisotopic (exact) mass is 265 g/mol. The van der Waals surface area contributed by atoms with E-state index in [1.54, 1.807) is 0 Å². The first-order chi connectivity index (χ1) is 8.33. The Morgan fingerprint density at radius 3 is 2.61 bits per heavy atom. The van der Waals surface area contributed by atoms with Crippen molar-refractivity contribution in [2.24, 2.45) is 0 Å². The van der Waals surface area contributed by atoms with Crippen molar-refractivity contribution in [2.45, 2.75) is 12.5 Å². The predicted molar refractivity (Wildman–Crippen MR) is 76.1 cm³/mol. The lowest BCUT2D eigenvalue weighted by molar-refractivity contribution is 0.788. The maximum Gasteiger partial charge on any atom is 0.169 e. The standard InChI is InChI=1S/C12H15N5.ClH/c13-11-12(15-8-5-6-14-7-8)17-10-4-2-1-3-9(10)16-11;/h1-4,8,14H,5-7H2,(H2,13,16)(H,15,17);1H/t8-;/m1./s1. The largest absolute Gasteiger partial charge is 0.381 e. The van der Waals surface area contributed by atoms with Crippen LogP contribution in [0.2, 0.25) is 0 Å². The molecule has 0 amide bonds. The van der Waals surface area contributed by atoms with Crippen LogP contribution in [-0.2, 0) is 0 Å². The molecule has 5 nitrogen and oxygen atoms in total. The number of hydrogen-bond donors (Lipinski definition) is 3. The number of nitrogen functional groups attached to an aromatic ring is 1. The number of rotatable bonds is 2. The molecule has 0 saturated carbocycles. The highest BCUT2D eigenvalue weighted by Crippen LogP contribution is 2.19. The molecule has 0 radical (unpaired) electrons. The van der Waals surface area contributed by atoms with Crippen LogP contribution >= 0.6 is 12.4 Å². The summed E-state index contributed by atoms with van der Waals surface area (Å²) in [4.78, 5) is 8.86. The van der Waals surface area contributed by atoms with Gasteiger partial charge in [-0.25, -0.2) is 9.97 Å². The first kappa shape index (κ1) is 12.9. The SMILES string of the molecule is Cl.Nc1nc2ccccc2nc1N[C@@H]1CCNC1. The quantitative estimate of drug-likeness (QED) is 0.765. The fourth-order valence-electron chi connectivity index (χ4n) is 2.09. The first-order valence-electron chi connectivity index (χ1n) is 5.82. The Kier molecular flexibility index (Phi) is 3.84. The zero-order chi connectivity index (χ0) is 11.7. The van der Waals surface area contributed by atoms with E-state index in [4.69, 9.17) is 5.73 Å². The molecule has 18 heavy (non-hydrogen) atoms. The van der Waals surface area contributed by atoms with Crippen LogP contribution in [0.3, 0.4) is 0 Å². The van der Waals surface area contributed by atoms with Crippen LogP contribution in [0.25, 0.3) is 11.0 Å². The lowest BCUT2D eigenvalue weighted by Crippen LogP contribution is -2.23. The number of anilines is 2. The van der Waals surface area contributed by atoms with Crippen molar-refractivity contribution in [2.75, 3.05) is 24.1 Å². The molecule has 2 heterocycles. The van der Waals surface area contributed by atoms with Crippen molar-refractivity contribution < 1.29 is 0 Å². The molecule has 0 spiro atoms. The number of hydrogen-bond acceptors (Lipinski definition) is 5. The summed E-state index contributed by atoms with van der Waals surface area (Å²) in [7, 11) is 0. The van der Waals surface area contributed by atoms with Crippen molar-refractivity contribution in [1.29, 1.82) is 0 Å². The van der Waals surface area contributed by atoms with Gasteiger partial charge < -0.3 is 16.4 Å². The molecule has 1 aromatic carbocycles. The molecule has 1 atom stereocenters. The second kappa shape index (κ2) is 5.37. The summed E-state index contributed by atoms with van der Waals surface area (Å²) in [5, 5.41) is 6.64. The summed E-state index contributed by atoms with van der Waals surface area (Å²) in [5.41, 5.74) is 7.61. The number of aromatic nitrogens is 2. The van der Waals surface area contributed by atoms with Gasteiger partial charge in [0, 0.05) is 12.6 Å². The minimum atomic E-state index is 0. The Bertz CT molecular complexity index is 539. The van der Waals surface area contributed by atoms with Crippen LogP contribution in [-0.4, -0.2) is 29.1 Å². The van der Waals surface area contributed by atoms with Gasteiger partial charge in [-0.2, -0.15) is 0 Å². The maximum atomic E-state index is 5.91. The van der Waals surface area contributed by atoms with E-state index in [0.717, 1.165) is 30.5 Å². The van der Waals surface area contributed by atoms with E-state index >= 15 is 0 Å². The van der Waals surface area contributed by atoms with E-state index in [-0.39, 0.29) is 12.4 Å². The Morgan fingerprint density at radius 2 is 1.94 bits per heavy atom. The predicted octanol–water partition coefficient (Wildman–Crippen LogP) is 1.41. The van der Waals surface area contributed by atoms with Crippen molar-refractivity contribution in [1.82, 2.24) is 15.3 Å². The van der Waals surface area contributed by atoms with Crippen molar-refractivity contribution in [3.8, 4) is 0 Å². The molecule has 1 aliphatic heterocycles. The smallest absolute Gasteiger partial charge is 0.169 e. The van der Waals surface area contributed by atoms with Gasteiger partial charge in [-0.1, -0.05) is 12.1 Å². The molecule has 4 N–H and O–H groups in total. The fraction of sp³-hybridized carbons (Fsp3) is 0.333. The molecule has 1 aromatic heterocycles. The molecule has 96 valence electrons. The Balaban J connectivity index is 0.00000120. The van der Waals surface area contributed by atoms with Crippen LogP contribution < -0.4 is 16.4 Å². The highest BCUT2D eigenvalue weighted by Gasteiger charge is 2.16. The Hall–Kier alpha value is -1.59. The molecule has 0 unspecified atom stereocenters. The minimum absolute atomic E-state index is 0. The highest BCUT2D eigenvalue weighted by molar-refractivity contribution is 5.85. The van der Waals surface area contributed by atoms with Gasteiger partial charge in [-0.3, -0.25) is 0 Å². The van der Waals surface area contributed by atoms with Gasteiger partial charge in [-0.05, 0) is 25.1 Å². The van der Waals surface area contributed by atoms with Gasteiger partial charge in [0.25, 0.3) is 0 Å². The molecule has 2 aromatic rings. The van der Waals surface area contributed by atoms with E-state index in [9.17, 15) is 0 Å². The van der Waals surface area contributed by atoms with Crippen LogP contribution in [0.15, 0.2) is 24.3 Å². The third kappa shape index (κ3) is 2.47. The highest BCUT2D eigenvalue weighted by atomic mass is 35.5. The first-order valence-corrected chi connectivity index (χ1v) is 5.82. The number of nitrogens with zero attached hydrogens (tertiary/aromatic N) is 2. The number of benzene rings is 1. The second-order valence-corrected chi connectivity index (χ2v) is 4.28. The van der Waals surface area contributed by atoms with Crippen LogP contribution in [0.4, 0.5) is 11.6 Å². The van der Waals surface area contributed by atoms with E-state index in [1.165, 1.54) is 0 Å². The van der Waals surface area contributed by atoms with Gasteiger partial charge in [0.1, 0.15) is 0 Å². The number of fused-ring (bicyclic) bond motifs is 1. The lowest BCUT2D eigenvalue weighted by Gasteiger charge is -2.13. The van der Waals surface area contributed by atoms with E-state index < -0.39 is 0 Å². The number of para-hydroxylation sites is 2. The zero-order valence-corrected chi connectivity index (χ0v) is 10.7. The summed E-state index contributed by atoms with van der Waals surface area (Å²) in [5.74, 6) is 1.16. The third-order valence-electron chi connectivity index (χ3n) is 3.00. The summed E-state index contributed by atoms with van der Waals surface area (Å²) >= 11 is 0. The number of nitrogens with two attached hydrogens (primary N) is 1. The molecule has 1 fully saturated rings. The molecular formula is C12H16ClN5. The van der Waals surface area contributed by atoms with E-state index in [1.807, 2.05) is 24.3 Å². The summed E-state index contributed by atoms with van der Waals surface area (Å²) in [6.07, 6.45) is 1.09. The lowest BCUT2D eigenvalue weighted by atomic mass is 10.2. The number of halogens is 1. The van der Waals surface area contributed by atoms with Crippen LogP contribution in [0.5, 0.6) is 0 Å². The topological polar surface area (TPSA) is 75.9 Å². The van der Waals surface area contributed by atoms with Gasteiger partial charge in [0.05, 0.1) is 11.0 Å². The molecule has 6 heteroatoms. The molecule has 1 saturated heterocycles. The van der Waals surface area contributed by atoms with Gasteiger partial charge in [0.15, 0.2) is 11.6 Å². The van der Waals surface area contributed by atoms with Crippen molar-refractivity contribution in [3.63, 3.8) is 0 Å². The average molecular weight is 266 g/mol. The van der Waals surface area contributed by atoms with Gasteiger partial charge in [-0.15, -0.1) is 12.4 Å². The summed E-state index contributed by atoms with van der Waals surface area (Å²) in [6.45, 7) is 1.99. The fourth-order valence-corrected chi connectivity index (χ4v) is 2.09. The van der Waals surface area contributed by atoms with Crippen molar-refractivity contribution in [3.05, 3.63) is 24.3 Å². The van der Waals surface area contributed by atoms with E-state index in [2.05, 4.69) is 20.6 Å². The molecule has 3 rings (SSSR count). The molecule has 0 aliphatic carbocycles. The molecular weight excluding hydrogens is 250 g/mol. The Morgan fingerprint density at radius 1 is 1.22 bits per heavy atom. The minimum Gasteiger partial charge on any atom is -0.381 e. The van der Waals surface area contributed by atoms with Gasteiger partial charge >= 0.3 is 0 Å². The number of nitrogens with one attached hydrogen (secondary N) is 2. The van der Waals surface area contributed by atoms with Gasteiger partial charge in [0.2, 0.25) is 0 Å². The molecule has 0 bridgehead atoms. The second-order valence-electron chi connectivity index (χ2n) is 4.28. The normalized spacial score (nSPS) is 18.6. The zero-order valence-electron chi connectivity index (χ0n) is 9.89. The van der Waals surface area contributed by atoms with Crippen molar-refractivity contribution >= 4 is 35.1 Å². The summed E-state index contributed by atoms with van der Waals surface area (Å²) < 4.78 is 0.